The molecule has 2 aromatic rings. The lowest BCUT2D eigenvalue weighted by Gasteiger charge is -2.42. The zero-order valence-corrected chi connectivity index (χ0v) is 41.7. The molecule has 11 heteroatoms. The summed E-state index contributed by atoms with van der Waals surface area (Å²) in [5.41, 5.74) is 4.39. The first kappa shape index (κ1) is 50.6. The number of nitrogens with one attached hydrogen (secondary N) is 1. The molecular weight excluding hydrogens is 775 g/mol. The smallest absolute Gasteiger partial charge is 0.250 e. The van der Waals surface area contributed by atoms with Gasteiger partial charge in [0.25, 0.3) is 14.2 Å². The fraction of sp³-hybridized carbons (Fsp3) is 0.646. The molecule has 6 atom stereocenters. The molecule has 1 N–H and O–H groups in total. The van der Waals surface area contributed by atoms with Crippen molar-refractivity contribution in [1.82, 2.24) is 0 Å². The van der Waals surface area contributed by atoms with Crippen LogP contribution in [0.25, 0.3) is 0 Å². The number of benzene rings is 2. The van der Waals surface area contributed by atoms with Crippen LogP contribution in [0.1, 0.15) is 99.6 Å². The molecule has 0 spiro atoms. The summed E-state index contributed by atoms with van der Waals surface area (Å²) < 4.78 is 45.5. The molecule has 3 rings (SSSR count). The number of carbonyl (C=O) groups is 1. The van der Waals surface area contributed by atoms with Crippen molar-refractivity contribution in [1.29, 1.82) is 0 Å². The maximum atomic E-state index is 13.9. The van der Waals surface area contributed by atoms with E-state index in [-0.39, 0.29) is 59.0 Å². The van der Waals surface area contributed by atoms with E-state index in [1.165, 1.54) is 0 Å². The zero-order valence-electron chi connectivity index (χ0n) is 39.7. The van der Waals surface area contributed by atoms with Crippen LogP contribution in [-0.2, 0) is 41.2 Å². The summed E-state index contributed by atoms with van der Waals surface area (Å²) in [5, 5.41) is 3.15. The summed E-state index contributed by atoms with van der Waals surface area (Å²) in [6, 6.07) is 14.1. The molecule has 9 nitrogen and oxygen atoms in total. The Hall–Kier alpha value is -2.78. The minimum Gasteiger partial charge on any atom is -0.541 e. The number of hydrogen-bond acceptors (Lipinski definition) is 8. The Kier molecular flexibility index (Phi) is 18.7. The number of amides is 1. The second-order valence-electron chi connectivity index (χ2n) is 19.7. The van der Waals surface area contributed by atoms with Gasteiger partial charge in [0, 0.05) is 44.6 Å². The van der Waals surface area contributed by atoms with Crippen LogP contribution >= 0.6 is 0 Å². The maximum absolute atomic E-state index is 13.9. The van der Waals surface area contributed by atoms with Crippen molar-refractivity contribution in [3.05, 3.63) is 76.9 Å². The second kappa shape index (κ2) is 21.8. The minimum atomic E-state index is -2.35. The van der Waals surface area contributed by atoms with E-state index in [0.717, 1.165) is 22.4 Å². The molecule has 2 aromatic carbocycles. The van der Waals surface area contributed by atoms with Gasteiger partial charge in [-0.1, -0.05) is 97.9 Å². The highest BCUT2D eigenvalue weighted by Gasteiger charge is 2.42. The molecule has 1 aliphatic heterocycles. The van der Waals surface area contributed by atoms with E-state index in [1.807, 2.05) is 37.3 Å². The van der Waals surface area contributed by atoms with E-state index >= 15 is 0 Å². The van der Waals surface area contributed by atoms with Gasteiger partial charge in [-0.15, -0.1) is 0 Å². The molecule has 59 heavy (non-hydrogen) atoms. The Morgan fingerprint density at radius 2 is 1.47 bits per heavy atom. The number of rotatable bonds is 12. The minimum absolute atomic E-state index is 0.00358. The van der Waals surface area contributed by atoms with Crippen molar-refractivity contribution >= 4 is 28.2 Å². The Morgan fingerprint density at radius 1 is 0.847 bits per heavy atom. The molecule has 0 aliphatic carbocycles. The van der Waals surface area contributed by atoms with E-state index in [0.29, 0.717) is 49.3 Å². The Morgan fingerprint density at radius 3 is 2.05 bits per heavy atom. The Balaban J connectivity index is 2.24. The molecule has 0 saturated carbocycles. The third-order valence-electron chi connectivity index (χ3n) is 12.7. The van der Waals surface area contributed by atoms with Crippen molar-refractivity contribution in [3.8, 4) is 11.5 Å². The van der Waals surface area contributed by atoms with Gasteiger partial charge in [-0.05, 0) is 104 Å². The van der Waals surface area contributed by atoms with Crippen LogP contribution in [0.15, 0.2) is 65.8 Å². The Labute approximate surface area is 360 Å². The van der Waals surface area contributed by atoms with Crippen molar-refractivity contribution in [2.45, 2.75) is 162 Å². The number of allylic oxidation sites excluding steroid dienone is 1. The number of hydrogen-bond donors (Lipinski definition) is 1. The van der Waals surface area contributed by atoms with E-state index in [1.54, 1.807) is 21.3 Å². The molecule has 1 heterocycles. The Bertz CT molecular complexity index is 1690. The summed E-state index contributed by atoms with van der Waals surface area (Å²) in [7, 11) is 0.582. The first-order valence-corrected chi connectivity index (χ1v) is 27.3. The molecule has 0 saturated heterocycles. The van der Waals surface area contributed by atoms with Crippen LogP contribution in [0.4, 0.5) is 5.69 Å². The first-order valence-electron chi connectivity index (χ1n) is 21.5. The lowest BCUT2D eigenvalue weighted by molar-refractivity contribution is -0.136. The van der Waals surface area contributed by atoms with Gasteiger partial charge in [-0.25, -0.2) is 0 Å². The first-order chi connectivity index (χ1) is 27.4. The highest BCUT2D eigenvalue weighted by atomic mass is 28.4. The molecular formula is C48H79NO8Si2. The monoisotopic (exact) mass is 854 g/mol. The van der Waals surface area contributed by atoms with Crippen LogP contribution < -0.4 is 14.5 Å². The summed E-state index contributed by atoms with van der Waals surface area (Å²) >= 11 is 0. The molecule has 0 aromatic heterocycles. The summed E-state index contributed by atoms with van der Waals surface area (Å²) in [4.78, 5) is 13.9. The number of anilines is 1. The second-order valence-corrected chi connectivity index (χ2v) is 29.2. The predicted octanol–water partition coefficient (Wildman–Crippen LogP) is 11.9. The van der Waals surface area contributed by atoms with Crippen LogP contribution in [0.2, 0.25) is 36.3 Å². The van der Waals surface area contributed by atoms with Crippen molar-refractivity contribution in [3.63, 3.8) is 0 Å². The van der Waals surface area contributed by atoms with Gasteiger partial charge in [0.1, 0.15) is 19.1 Å². The van der Waals surface area contributed by atoms with Crippen molar-refractivity contribution in [2.24, 2.45) is 11.8 Å². The van der Waals surface area contributed by atoms with Gasteiger partial charge in [0.15, 0.2) is 14.1 Å². The molecule has 1 aliphatic rings. The predicted molar refractivity (Wildman–Crippen MR) is 247 cm³/mol. The fourth-order valence-electron chi connectivity index (χ4n) is 6.95. The highest BCUT2D eigenvalue weighted by Crippen LogP contribution is 2.45. The normalized spacial score (nSPS) is 25.3. The van der Waals surface area contributed by atoms with Gasteiger partial charge in [0.05, 0.1) is 24.4 Å². The quantitative estimate of drug-likeness (QED) is 0.128. The molecule has 0 unspecified atom stereocenters. The number of fused-ring (bicyclic) bond motifs is 2. The average molecular weight is 854 g/mol. The van der Waals surface area contributed by atoms with E-state index < -0.39 is 16.6 Å². The summed E-state index contributed by atoms with van der Waals surface area (Å²) in [6.07, 6.45) is 5.85. The average Bonchev–Trinajstić information content (AvgIpc) is 3.14. The van der Waals surface area contributed by atoms with Crippen molar-refractivity contribution < 1.29 is 37.3 Å². The van der Waals surface area contributed by atoms with E-state index in [2.05, 4.69) is 118 Å². The van der Waals surface area contributed by atoms with Crippen LogP contribution in [0.3, 0.4) is 0 Å². The third kappa shape index (κ3) is 14.4. The van der Waals surface area contributed by atoms with Gasteiger partial charge in [0.2, 0.25) is 0 Å². The molecule has 0 radical (unpaired) electrons. The topological polar surface area (TPSA) is 93.7 Å². The number of ether oxygens (including phenoxy) is 5. The number of methoxy groups -OCH3 is 3. The van der Waals surface area contributed by atoms with E-state index in [9.17, 15) is 4.79 Å². The standard InChI is InChI=1S/C48H79NO8Si2/c1-33-26-38-29-39(30-42(54-31-37-23-19-18-20-24-37)45(38)57-59(16,17)48(8,9)10)49-46(50)34(2)22-21-25-40(52-12)44(56-58(14,15)47(5,6)7)36(4)28-35(3)43(55-32-51-11)41(27-33)53-13/h18-20,22-24,28-30,33,35,40-41,43-44H,21,25-27,31-32H2,1-17H3,(H,49,50)/b34-22+,36-28+/t33-,35+,40+,41+,43-,44+/m1/s1. The maximum Gasteiger partial charge on any atom is 0.250 e. The summed E-state index contributed by atoms with van der Waals surface area (Å²) in [5.74, 6) is 1.26. The fourth-order valence-corrected chi connectivity index (χ4v) is 9.33. The summed E-state index contributed by atoms with van der Waals surface area (Å²) in [6.45, 7) is 31.5. The van der Waals surface area contributed by atoms with Crippen molar-refractivity contribution in [2.75, 3.05) is 33.4 Å². The number of carbonyl (C=O) groups excluding carboxylic acids is 1. The van der Waals surface area contributed by atoms with E-state index in [4.69, 9.17) is 32.5 Å². The van der Waals surface area contributed by atoms with Gasteiger partial charge >= 0.3 is 0 Å². The largest absolute Gasteiger partial charge is 0.541 e. The van der Waals surface area contributed by atoms with Crippen LogP contribution in [0.5, 0.6) is 11.5 Å². The SMILES string of the molecule is COCO[C@H]1[C@@H](OC)C[C@H](C)Cc2cc(cc(OCc3ccccc3)c2O[Si](C)(C)C(C)(C)C)NC(=O)/C(C)=C/CC[C@H](OC)[C@@H](O[Si](C)(C)C(C)(C)C)/C(C)=C/[C@@H]1C. The van der Waals surface area contributed by atoms with Crippen LogP contribution in [-0.4, -0.2) is 75.1 Å². The molecule has 332 valence electrons. The lowest BCUT2D eigenvalue weighted by atomic mass is 9.87. The molecule has 1 amide bonds. The molecule has 2 bridgehead atoms. The lowest BCUT2D eigenvalue weighted by Crippen LogP contribution is -2.48. The molecule has 0 fully saturated rings. The van der Waals surface area contributed by atoms with Crippen LogP contribution in [0, 0.1) is 11.8 Å². The van der Waals surface area contributed by atoms with Gasteiger partial charge < -0.3 is 37.9 Å². The van der Waals surface area contributed by atoms with Gasteiger partial charge in [-0.2, -0.15) is 0 Å². The highest BCUT2D eigenvalue weighted by molar-refractivity contribution is 6.75. The third-order valence-corrected chi connectivity index (χ3v) is 21.4. The van der Waals surface area contributed by atoms with Gasteiger partial charge in [-0.3, -0.25) is 4.79 Å². The zero-order chi connectivity index (χ0) is 44.3.